The summed E-state index contributed by atoms with van der Waals surface area (Å²) in [4.78, 5) is 17.0. The van der Waals surface area contributed by atoms with Gasteiger partial charge < -0.3 is 10.3 Å². The summed E-state index contributed by atoms with van der Waals surface area (Å²) in [5, 5.41) is 0. The highest BCUT2D eigenvalue weighted by Gasteiger charge is 2.33. The molecule has 2 heterocycles. The van der Waals surface area contributed by atoms with E-state index < -0.39 is 10.0 Å². The second-order valence-electron chi connectivity index (χ2n) is 4.30. The van der Waals surface area contributed by atoms with E-state index in [9.17, 15) is 13.2 Å². The van der Waals surface area contributed by atoms with E-state index in [-0.39, 0.29) is 29.7 Å². The van der Waals surface area contributed by atoms with E-state index in [1.807, 2.05) is 0 Å². The molecule has 0 bridgehead atoms. The van der Waals surface area contributed by atoms with Gasteiger partial charge in [0, 0.05) is 30.8 Å². The van der Waals surface area contributed by atoms with Crippen LogP contribution in [0.3, 0.4) is 0 Å². The van der Waals surface area contributed by atoms with Gasteiger partial charge in [-0.25, -0.2) is 19.2 Å². The molecule has 0 saturated carbocycles. The molecule has 20 heavy (non-hydrogen) atoms. The Bertz CT molecular complexity index is 636. The number of hydrogen-bond acceptors (Lipinski definition) is 6. The summed E-state index contributed by atoms with van der Waals surface area (Å²) in [5.74, 6) is 5.09. The lowest BCUT2D eigenvalue weighted by atomic mass is 10.4. The molecule has 1 aromatic heterocycles. The molecule has 110 valence electrons. The summed E-state index contributed by atoms with van der Waals surface area (Å²) >= 11 is 3.17. The third kappa shape index (κ3) is 2.77. The number of likely N-dealkylation sites (N-methyl/N-ethyl adjacent to an activating group) is 1. The Kier molecular flexibility index (Phi) is 4.28. The van der Waals surface area contributed by atoms with Crippen molar-refractivity contribution in [2.75, 3.05) is 32.1 Å². The number of amides is 1. The fraction of sp³-hybridized carbons (Fsp3) is 0.400. The Balaban J connectivity index is 2.40. The van der Waals surface area contributed by atoms with Gasteiger partial charge in [0.25, 0.3) is 0 Å². The molecule has 1 aliphatic heterocycles. The van der Waals surface area contributed by atoms with Gasteiger partial charge in [0.05, 0.1) is 6.54 Å². The van der Waals surface area contributed by atoms with Gasteiger partial charge in [-0.3, -0.25) is 4.79 Å². The van der Waals surface area contributed by atoms with Crippen molar-refractivity contribution in [1.82, 2.24) is 14.2 Å². The summed E-state index contributed by atoms with van der Waals surface area (Å²) in [6.45, 7) is 0.404. The Morgan fingerprint density at radius 1 is 1.45 bits per heavy atom. The van der Waals surface area contributed by atoms with E-state index in [1.54, 1.807) is 7.05 Å². The quantitative estimate of drug-likeness (QED) is 0.558. The number of nitrogens with two attached hydrogens (primary N) is 1. The Labute approximate surface area is 125 Å². The van der Waals surface area contributed by atoms with Gasteiger partial charge in [-0.2, -0.15) is 4.31 Å². The number of piperazine rings is 1. The first-order chi connectivity index (χ1) is 9.36. The van der Waals surface area contributed by atoms with Gasteiger partial charge in [-0.1, -0.05) is 0 Å². The first-order valence-corrected chi connectivity index (χ1v) is 7.96. The van der Waals surface area contributed by atoms with E-state index in [1.165, 1.54) is 17.2 Å². The number of nitrogens with one attached hydrogen (secondary N) is 1. The zero-order chi connectivity index (χ0) is 14.9. The maximum atomic E-state index is 12.6. The standard InChI is InChI=1S/C10H14BrN5O3S/c1-15-2-3-16(6-9(15)17)20(18,19)8-4-7(11)5-13-10(8)14-12/h4-5H,2-3,6,12H2,1H3,(H,13,14). The molecule has 1 fully saturated rings. The van der Waals surface area contributed by atoms with Crippen LogP contribution in [0.4, 0.5) is 5.82 Å². The lowest BCUT2D eigenvalue weighted by molar-refractivity contribution is -0.132. The average molecular weight is 364 g/mol. The van der Waals surface area contributed by atoms with Gasteiger partial charge in [0.2, 0.25) is 15.9 Å². The van der Waals surface area contributed by atoms with Crippen molar-refractivity contribution in [2.24, 2.45) is 5.84 Å². The van der Waals surface area contributed by atoms with Crippen molar-refractivity contribution in [3.8, 4) is 0 Å². The molecular weight excluding hydrogens is 350 g/mol. The molecule has 3 N–H and O–H groups in total. The van der Waals surface area contributed by atoms with Crippen molar-refractivity contribution in [3.63, 3.8) is 0 Å². The van der Waals surface area contributed by atoms with Crippen molar-refractivity contribution >= 4 is 37.7 Å². The van der Waals surface area contributed by atoms with Gasteiger partial charge >= 0.3 is 0 Å². The van der Waals surface area contributed by atoms with Gasteiger partial charge in [-0.15, -0.1) is 0 Å². The summed E-state index contributed by atoms with van der Waals surface area (Å²) < 4.78 is 26.8. The summed E-state index contributed by atoms with van der Waals surface area (Å²) in [6, 6.07) is 1.40. The topological polar surface area (TPSA) is 109 Å². The Morgan fingerprint density at radius 3 is 2.75 bits per heavy atom. The number of hydrogen-bond donors (Lipinski definition) is 2. The highest BCUT2D eigenvalue weighted by molar-refractivity contribution is 9.10. The lowest BCUT2D eigenvalue weighted by Gasteiger charge is -2.31. The van der Waals surface area contributed by atoms with Crippen molar-refractivity contribution in [1.29, 1.82) is 0 Å². The molecular formula is C10H14BrN5O3S. The SMILES string of the molecule is CN1CCN(S(=O)(=O)c2cc(Br)cnc2NN)CC1=O. The lowest BCUT2D eigenvalue weighted by Crippen LogP contribution is -2.50. The molecule has 10 heteroatoms. The maximum Gasteiger partial charge on any atom is 0.247 e. The molecule has 0 unspecified atom stereocenters. The number of pyridine rings is 1. The second kappa shape index (κ2) is 5.64. The number of sulfonamides is 1. The zero-order valence-corrected chi connectivity index (χ0v) is 13.1. The first-order valence-electron chi connectivity index (χ1n) is 5.72. The van der Waals surface area contributed by atoms with E-state index >= 15 is 0 Å². The smallest absolute Gasteiger partial charge is 0.247 e. The second-order valence-corrected chi connectivity index (χ2v) is 7.12. The number of anilines is 1. The number of aromatic nitrogens is 1. The largest absolute Gasteiger partial charge is 0.343 e. The predicted octanol–water partition coefficient (Wildman–Crippen LogP) is -0.408. The molecule has 1 aliphatic rings. The van der Waals surface area contributed by atoms with E-state index in [2.05, 4.69) is 26.3 Å². The van der Waals surface area contributed by atoms with Crippen LogP contribution >= 0.6 is 15.9 Å². The molecule has 1 saturated heterocycles. The highest BCUT2D eigenvalue weighted by Crippen LogP contribution is 2.26. The highest BCUT2D eigenvalue weighted by atomic mass is 79.9. The van der Waals surface area contributed by atoms with Crippen molar-refractivity contribution in [3.05, 3.63) is 16.7 Å². The van der Waals surface area contributed by atoms with Gasteiger partial charge in [0.1, 0.15) is 4.90 Å². The fourth-order valence-electron chi connectivity index (χ4n) is 1.81. The molecule has 1 aromatic rings. The van der Waals surface area contributed by atoms with Gasteiger partial charge in [-0.05, 0) is 22.0 Å². The minimum atomic E-state index is -3.83. The van der Waals surface area contributed by atoms with Crippen LogP contribution in [0.5, 0.6) is 0 Å². The van der Waals surface area contributed by atoms with Crippen molar-refractivity contribution < 1.29 is 13.2 Å². The Hall–Kier alpha value is -1.23. The van der Waals surface area contributed by atoms with Crippen LogP contribution in [0, 0.1) is 0 Å². The molecule has 1 amide bonds. The molecule has 0 aliphatic carbocycles. The number of rotatable bonds is 3. The predicted molar refractivity (Wildman–Crippen MR) is 76.1 cm³/mol. The molecule has 0 aromatic carbocycles. The molecule has 0 radical (unpaired) electrons. The fourth-order valence-corrected chi connectivity index (χ4v) is 3.80. The van der Waals surface area contributed by atoms with E-state index in [0.717, 1.165) is 4.31 Å². The summed E-state index contributed by atoms with van der Waals surface area (Å²) in [6.07, 6.45) is 1.43. The number of carbonyl (C=O) groups is 1. The molecule has 0 spiro atoms. The average Bonchev–Trinajstić information content (AvgIpc) is 2.41. The van der Waals surface area contributed by atoms with Crippen LogP contribution in [-0.2, 0) is 14.8 Å². The Morgan fingerprint density at radius 2 is 2.15 bits per heavy atom. The minimum absolute atomic E-state index is 0.0413. The monoisotopic (exact) mass is 363 g/mol. The number of halogens is 1. The van der Waals surface area contributed by atoms with Crippen LogP contribution in [0.2, 0.25) is 0 Å². The first kappa shape index (κ1) is 15.2. The summed E-state index contributed by atoms with van der Waals surface area (Å²) in [5.41, 5.74) is 2.25. The number of hydrazine groups is 1. The number of nitrogen functional groups attached to an aromatic ring is 1. The third-order valence-corrected chi connectivity index (χ3v) is 5.29. The van der Waals surface area contributed by atoms with Crippen LogP contribution in [0.1, 0.15) is 0 Å². The van der Waals surface area contributed by atoms with E-state index in [4.69, 9.17) is 5.84 Å². The number of carbonyl (C=O) groups excluding carboxylic acids is 1. The van der Waals surface area contributed by atoms with Crippen molar-refractivity contribution in [2.45, 2.75) is 4.90 Å². The maximum absolute atomic E-state index is 12.6. The van der Waals surface area contributed by atoms with Crippen LogP contribution in [-0.4, -0.2) is 55.2 Å². The minimum Gasteiger partial charge on any atom is -0.343 e. The normalized spacial score (nSPS) is 17.4. The summed E-state index contributed by atoms with van der Waals surface area (Å²) in [7, 11) is -2.19. The molecule has 0 atom stereocenters. The molecule has 8 nitrogen and oxygen atoms in total. The van der Waals surface area contributed by atoms with Crippen LogP contribution < -0.4 is 11.3 Å². The van der Waals surface area contributed by atoms with Crippen LogP contribution in [0.15, 0.2) is 21.6 Å². The number of nitrogens with zero attached hydrogens (tertiary/aromatic N) is 3. The third-order valence-electron chi connectivity index (χ3n) is 3.00. The van der Waals surface area contributed by atoms with Gasteiger partial charge in [0.15, 0.2) is 5.82 Å². The zero-order valence-electron chi connectivity index (χ0n) is 10.7. The van der Waals surface area contributed by atoms with E-state index in [0.29, 0.717) is 11.0 Å². The van der Waals surface area contributed by atoms with Crippen LogP contribution in [0.25, 0.3) is 0 Å². The molecule has 2 rings (SSSR count).